The SMILES string of the molecule is COCO[C@H]1C[C@H](C)[C@@H](C=O)[C@]2(C)CC(C)=CC[C@@H]12. The lowest BCUT2D eigenvalue weighted by Gasteiger charge is -2.53. The Morgan fingerprint density at radius 2 is 2.26 bits per heavy atom. The molecule has 0 aromatic rings. The number of aldehydes is 1. The number of allylic oxidation sites excluding steroid dienone is 2. The topological polar surface area (TPSA) is 35.5 Å². The molecule has 3 nitrogen and oxygen atoms in total. The first kappa shape index (κ1) is 14.7. The van der Waals surface area contributed by atoms with Crippen LogP contribution in [0.2, 0.25) is 0 Å². The van der Waals surface area contributed by atoms with Crippen LogP contribution in [0.5, 0.6) is 0 Å². The Morgan fingerprint density at radius 3 is 2.89 bits per heavy atom. The van der Waals surface area contributed by atoms with Crippen LogP contribution in [0.3, 0.4) is 0 Å². The summed E-state index contributed by atoms with van der Waals surface area (Å²) in [6.45, 7) is 6.97. The number of hydrogen-bond donors (Lipinski definition) is 0. The minimum absolute atomic E-state index is 0.0384. The molecule has 0 saturated heterocycles. The Morgan fingerprint density at radius 1 is 1.53 bits per heavy atom. The molecule has 1 saturated carbocycles. The van der Waals surface area contributed by atoms with E-state index in [0.717, 1.165) is 19.3 Å². The van der Waals surface area contributed by atoms with Gasteiger partial charge in [0.15, 0.2) is 0 Å². The predicted octanol–water partition coefficient (Wildman–Crippen LogP) is 3.19. The molecule has 2 rings (SSSR count). The van der Waals surface area contributed by atoms with Gasteiger partial charge in [-0.1, -0.05) is 25.5 Å². The molecule has 2 aliphatic rings. The Labute approximate surface area is 116 Å². The van der Waals surface area contributed by atoms with Crippen molar-refractivity contribution < 1.29 is 14.3 Å². The smallest absolute Gasteiger partial charge is 0.146 e. The lowest BCUT2D eigenvalue weighted by Crippen LogP contribution is -2.52. The highest BCUT2D eigenvalue weighted by molar-refractivity contribution is 5.56. The van der Waals surface area contributed by atoms with Gasteiger partial charge in [0.05, 0.1) is 6.10 Å². The number of rotatable bonds is 4. The molecule has 0 bridgehead atoms. The van der Waals surface area contributed by atoms with Crippen LogP contribution < -0.4 is 0 Å². The number of ether oxygens (including phenoxy) is 2. The highest BCUT2D eigenvalue weighted by Gasteiger charge is 2.52. The molecule has 0 amide bonds. The summed E-state index contributed by atoms with van der Waals surface area (Å²) in [6.07, 6.45) is 6.70. The lowest BCUT2D eigenvalue weighted by atomic mass is 9.52. The van der Waals surface area contributed by atoms with Crippen molar-refractivity contribution >= 4 is 6.29 Å². The van der Waals surface area contributed by atoms with E-state index in [1.807, 2.05) is 0 Å². The maximum atomic E-state index is 11.6. The van der Waals surface area contributed by atoms with Gasteiger partial charge >= 0.3 is 0 Å². The largest absolute Gasteiger partial charge is 0.359 e. The fourth-order valence-electron chi connectivity index (χ4n) is 4.30. The molecule has 5 atom stereocenters. The van der Waals surface area contributed by atoms with Gasteiger partial charge in [0.2, 0.25) is 0 Å². The number of methoxy groups -OCH3 is 1. The number of carbonyl (C=O) groups excluding carboxylic acids is 1. The zero-order valence-electron chi connectivity index (χ0n) is 12.5. The van der Waals surface area contributed by atoms with E-state index in [1.165, 1.54) is 11.9 Å². The van der Waals surface area contributed by atoms with Gasteiger partial charge < -0.3 is 14.3 Å². The van der Waals surface area contributed by atoms with E-state index in [1.54, 1.807) is 7.11 Å². The molecule has 1 fully saturated rings. The molecular weight excluding hydrogens is 240 g/mol. The van der Waals surface area contributed by atoms with Gasteiger partial charge in [-0.2, -0.15) is 0 Å². The molecule has 0 radical (unpaired) electrons. The molecule has 0 N–H and O–H groups in total. The van der Waals surface area contributed by atoms with Crippen molar-refractivity contribution in [3.63, 3.8) is 0 Å². The Bertz CT molecular complexity index is 363. The van der Waals surface area contributed by atoms with E-state index >= 15 is 0 Å². The maximum Gasteiger partial charge on any atom is 0.146 e. The first-order valence-corrected chi connectivity index (χ1v) is 7.24. The van der Waals surface area contributed by atoms with Crippen molar-refractivity contribution in [1.82, 2.24) is 0 Å². The molecule has 2 aliphatic carbocycles. The summed E-state index contributed by atoms with van der Waals surface area (Å²) >= 11 is 0. The van der Waals surface area contributed by atoms with Gasteiger partial charge in [-0.05, 0) is 43.4 Å². The highest BCUT2D eigenvalue weighted by atomic mass is 16.7. The fraction of sp³-hybridized carbons (Fsp3) is 0.812. The summed E-state index contributed by atoms with van der Waals surface area (Å²) in [5.41, 5.74) is 1.45. The quantitative estimate of drug-likeness (QED) is 0.445. The molecule has 19 heavy (non-hydrogen) atoms. The monoisotopic (exact) mass is 266 g/mol. The summed E-state index contributed by atoms with van der Waals surface area (Å²) in [4.78, 5) is 11.6. The summed E-state index contributed by atoms with van der Waals surface area (Å²) in [6, 6.07) is 0. The fourth-order valence-corrected chi connectivity index (χ4v) is 4.30. The van der Waals surface area contributed by atoms with E-state index in [0.29, 0.717) is 18.6 Å². The minimum atomic E-state index is 0.0384. The standard InChI is InChI=1S/C16H26O3/c1-11-5-6-13-15(19-10-18-4)7-12(2)14(9-17)16(13,3)8-11/h5,9,12-15H,6-8,10H2,1-4H3/t12-,13-,14+,15-,16+/m0/s1. The van der Waals surface area contributed by atoms with E-state index in [4.69, 9.17) is 9.47 Å². The van der Waals surface area contributed by atoms with Crippen LogP contribution in [0.4, 0.5) is 0 Å². The summed E-state index contributed by atoms with van der Waals surface area (Å²) in [5, 5.41) is 0. The third-order valence-electron chi connectivity index (χ3n) is 5.20. The van der Waals surface area contributed by atoms with Gasteiger partial charge in [0, 0.05) is 13.0 Å². The molecule has 108 valence electrons. The molecule has 0 unspecified atom stereocenters. The molecule has 0 aromatic carbocycles. The number of fused-ring (bicyclic) bond motifs is 1. The third-order valence-corrected chi connectivity index (χ3v) is 5.20. The van der Waals surface area contributed by atoms with Crippen molar-refractivity contribution in [2.45, 2.75) is 46.1 Å². The lowest BCUT2D eigenvalue weighted by molar-refractivity contribution is -0.160. The van der Waals surface area contributed by atoms with Gasteiger partial charge in [-0.15, -0.1) is 0 Å². The average molecular weight is 266 g/mol. The highest BCUT2D eigenvalue weighted by Crippen LogP contribution is 2.55. The Kier molecular flexibility index (Phi) is 4.46. The molecule has 0 aromatic heterocycles. The van der Waals surface area contributed by atoms with Crippen LogP contribution in [0.1, 0.15) is 40.0 Å². The summed E-state index contributed by atoms with van der Waals surface area (Å²) in [5.74, 6) is 0.952. The second kappa shape index (κ2) is 5.76. The van der Waals surface area contributed by atoms with Crippen molar-refractivity contribution in [2.24, 2.45) is 23.2 Å². The molecule has 3 heteroatoms. The average Bonchev–Trinajstić information content (AvgIpc) is 2.34. The molecule has 0 spiro atoms. The predicted molar refractivity (Wildman–Crippen MR) is 74.7 cm³/mol. The number of carbonyl (C=O) groups is 1. The van der Waals surface area contributed by atoms with Crippen molar-refractivity contribution in [3.05, 3.63) is 11.6 Å². The van der Waals surface area contributed by atoms with E-state index < -0.39 is 0 Å². The number of hydrogen-bond acceptors (Lipinski definition) is 3. The molecular formula is C16H26O3. The molecule has 0 heterocycles. The van der Waals surface area contributed by atoms with Crippen LogP contribution in [-0.4, -0.2) is 26.3 Å². The molecule has 0 aliphatic heterocycles. The van der Waals surface area contributed by atoms with Crippen LogP contribution in [-0.2, 0) is 14.3 Å². The van der Waals surface area contributed by atoms with Crippen LogP contribution in [0.25, 0.3) is 0 Å². The van der Waals surface area contributed by atoms with Crippen LogP contribution >= 0.6 is 0 Å². The second-order valence-corrected chi connectivity index (χ2v) is 6.56. The van der Waals surface area contributed by atoms with Crippen molar-refractivity contribution in [1.29, 1.82) is 0 Å². The van der Waals surface area contributed by atoms with Crippen LogP contribution in [0, 0.1) is 23.2 Å². The Hall–Kier alpha value is -0.670. The zero-order valence-corrected chi connectivity index (χ0v) is 12.5. The maximum absolute atomic E-state index is 11.6. The second-order valence-electron chi connectivity index (χ2n) is 6.56. The van der Waals surface area contributed by atoms with Crippen molar-refractivity contribution in [3.8, 4) is 0 Å². The first-order chi connectivity index (χ1) is 9.02. The minimum Gasteiger partial charge on any atom is -0.359 e. The zero-order chi connectivity index (χ0) is 14.0. The van der Waals surface area contributed by atoms with Crippen LogP contribution in [0.15, 0.2) is 11.6 Å². The normalized spacial score (nSPS) is 42.4. The first-order valence-electron chi connectivity index (χ1n) is 7.24. The van der Waals surface area contributed by atoms with Gasteiger partial charge in [0.1, 0.15) is 13.1 Å². The van der Waals surface area contributed by atoms with Gasteiger partial charge in [-0.3, -0.25) is 0 Å². The van der Waals surface area contributed by atoms with Gasteiger partial charge in [-0.25, -0.2) is 0 Å². The van der Waals surface area contributed by atoms with E-state index in [2.05, 4.69) is 26.8 Å². The third kappa shape index (κ3) is 2.63. The van der Waals surface area contributed by atoms with E-state index in [-0.39, 0.29) is 17.4 Å². The summed E-state index contributed by atoms with van der Waals surface area (Å²) in [7, 11) is 1.66. The van der Waals surface area contributed by atoms with Gasteiger partial charge in [0.25, 0.3) is 0 Å². The Balaban J connectivity index is 2.27. The summed E-state index contributed by atoms with van der Waals surface area (Å²) < 4.78 is 11.0. The van der Waals surface area contributed by atoms with Crippen molar-refractivity contribution in [2.75, 3.05) is 13.9 Å². The van der Waals surface area contributed by atoms with E-state index in [9.17, 15) is 4.79 Å².